The quantitative estimate of drug-likeness (QED) is 0.748. The van der Waals surface area contributed by atoms with Crippen LogP contribution in [0.25, 0.3) is 10.9 Å². The molecule has 1 aromatic heterocycles. The van der Waals surface area contributed by atoms with E-state index in [0.717, 1.165) is 32.2 Å². The number of carboxylic acid groups (broad SMARTS) is 1. The highest BCUT2D eigenvalue weighted by molar-refractivity contribution is 6.01. The first-order valence-electron chi connectivity index (χ1n) is 10.5. The zero-order chi connectivity index (χ0) is 21.5. The Labute approximate surface area is 173 Å². The summed E-state index contributed by atoms with van der Waals surface area (Å²) in [5, 5.41) is 9.48. The van der Waals surface area contributed by atoms with Crippen molar-refractivity contribution in [3.05, 3.63) is 33.4 Å². The van der Waals surface area contributed by atoms with Crippen LogP contribution in [0.1, 0.15) is 47.6 Å². The van der Waals surface area contributed by atoms with E-state index in [0.29, 0.717) is 29.4 Å². The average Bonchev–Trinajstić information content (AvgIpc) is 3.58. The van der Waals surface area contributed by atoms with Gasteiger partial charge >= 0.3 is 5.97 Å². The molecule has 3 fully saturated rings. The number of aromatic nitrogens is 1. The van der Waals surface area contributed by atoms with Crippen molar-refractivity contribution >= 4 is 28.2 Å². The molecule has 1 aromatic carbocycles. The first-order chi connectivity index (χ1) is 14.2. The van der Waals surface area contributed by atoms with Gasteiger partial charge in [-0.15, -0.1) is 0 Å². The number of aromatic carboxylic acids is 1. The summed E-state index contributed by atoms with van der Waals surface area (Å²) in [6, 6.07) is 0.457. The zero-order valence-corrected chi connectivity index (χ0v) is 17.5. The molecule has 0 bridgehead atoms. The lowest BCUT2D eigenvalue weighted by Gasteiger charge is -2.26. The number of hydrogen-bond donors (Lipinski definition) is 2. The molecule has 1 spiro atoms. The largest absolute Gasteiger partial charge is 0.477 e. The molecule has 2 saturated carbocycles. The summed E-state index contributed by atoms with van der Waals surface area (Å²) in [7, 11) is 4.12. The smallest absolute Gasteiger partial charge is 0.341 e. The molecule has 2 aliphatic carbocycles. The number of nitrogen functional groups attached to an aromatic ring is 1. The molecule has 5 rings (SSSR count). The summed E-state index contributed by atoms with van der Waals surface area (Å²) >= 11 is 0. The second-order valence-electron chi connectivity index (χ2n) is 9.46. The Balaban J connectivity index is 1.76. The molecule has 3 N–H and O–H groups in total. The molecular weight excluding hydrogens is 387 g/mol. The van der Waals surface area contributed by atoms with E-state index in [1.54, 1.807) is 0 Å². The van der Waals surface area contributed by atoms with Crippen LogP contribution in [0.2, 0.25) is 0 Å². The lowest BCUT2D eigenvalue weighted by Crippen LogP contribution is -2.36. The van der Waals surface area contributed by atoms with Crippen LogP contribution in [-0.2, 0) is 0 Å². The highest BCUT2D eigenvalue weighted by Gasteiger charge is 2.56. The van der Waals surface area contributed by atoms with Crippen molar-refractivity contribution in [1.29, 1.82) is 0 Å². The Bertz CT molecular complexity index is 1150. The number of nitrogens with two attached hydrogens (primary N) is 1. The number of benzene rings is 1. The number of carbonyl (C=O) groups is 1. The monoisotopic (exact) mass is 414 g/mol. The van der Waals surface area contributed by atoms with Gasteiger partial charge in [0.05, 0.1) is 22.3 Å². The first-order valence-corrected chi connectivity index (χ1v) is 10.5. The fraction of sp³-hybridized carbons (Fsp3) is 0.545. The van der Waals surface area contributed by atoms with Gasteiger partial charge < -0.3 is 25.2 Å². The maximum Gasteiger partial charge on any atom is 0.341 e. The van der Waals surface area contributed by atoms with Crippen LogP contribution in [0.4, 0.5) is 15.8 Å². The zero-order valence-electron chi connectivity index (χ0n) is 17.5. The third-order valence-corrected chi connectivity index (χ3v) is 7.27. The maximum atomic E-state index is 15.6. The van der Waals surface area contributed by atoms with Gasteiger partial charge in [-0.1, -0.05) is 0 Å². The minimum absolute atomic E-state index is 0.00922. The minimum Gasteiger partial charge on any atom is -0.477 e. The summed E-state index contributed by atoms with van der Waals surface area (Å²) in [6.07, 6.45) is 5.47. The number of hydrogen-bond acceptors (Lipinski definition) is 5. The predicted octanol–water partition coefficient (Wildman–Crippen LogP) is 2.59. The SMILES string of the molecule is Cc1c(N2CC(N(C)C)C3(CC3)C2)c(F)c(N)c2c(=O)c(C(=O)O)cn(C3CC3)c12. The van der Waals surface area contributed by atoms with E-state index in [1.807, 2.05) is 11.5 Å². The van der Waals surface area contributed by atoms with Gasteiger partial charge in [-0.2, -0.15) is 0 Å². The molecule has 160 valence electrons. The van der Waals surface area contributed by atoms with Gasteiger partial charge in [0, 0.05) is 36.8 Å². The standard InChI is InChI=1S/C22H27FN4O3/c1-11-18-15(20(28)13(21(29)30)8-27(18)12-4-5-12)17(24)16(23)19(11)26-9-14(25(2)3)22(10-26)6-7-22/h8,12,14H,4-7,9-10,24H2,1-3H3,(H,29,30). The number of halogens is 1. The van der Waals surface area contributed by atoms with Crippen LogP contribution in [0, 0.1) is 18.2 Å². The number of nitrogens with zero attached hydrogens (tertiary/aromatic N) is 3. The normalized spacial score (nSPS) is 22.4. The molecule has 2 aromatic rings. The van der Waals surface area contributed by atoms with Crippen molar-refractivity contribution in [3.63, 3.8) is 0 Å². The fourth-order valence-electron chi connectivity index (χ4n) is 5.43. The second-order valence-corrected chi connectivity index (χ2v) is 9.46. The van der Waals surface area contributed by atoms with Crippen LogP contribution < -0.4 is 16.1 Å². The molecule has 1 saturated heterocycles. The van der Waals surface area contributed by atoms with Crippen molar-refractivity contribution in [2.45, 2.75) is 44.7 Å². The molecule has 0 amide bonds. The van der Waals surface area contributed by atoms with E-state index in [4.69, 9.17) is 5.73 Å². The molecule has 1 atom stereocenters. The lowest BCUT2D eigenvalue weighted by atomic mass is 10.00. The third-order valence-electron chi connectivity index (χ3n) is 7.27. The van der Waals surface area contributed by atoms with E-state index < -0.39 is 17.2 Å². The molecule has 1 unspecified atom stereocenters. The van der Waals surface area contributed by atoms with Gasteiger partial charge in [-0.25, -0.2) is 9.18 Å². The van der Waals surface area contributed by atoms with E-state index in [1.165, 1.54) is 6.20 Å². The number of likely N-dealkylation sites (N-methyl/N-ethyl adjacent to an activating group) is 1. The number of rotatable bonds is 4. The summed E-state index contributed by atoms with van der Waals surface area (Å²) in [4.78, 5) is 28.8. The van der Waals surface area contributed by atoms with Crippen molar-refractivity contribution in [3.8, 4) is 0 Å². The number of fused-ring (bicyclic) bond motifs is 1. The maximum absolute atomic E-state index is 15.6. The summed E-state index contributed by atoms with van der Waals surface area (Å²) in [5.74, 6) is -1.93. The Morgan fingerprint density at radius 3 is 2.50 bits per heavy atom. The van der Waals surface area contributed by atoms with Crippen molar-refractivity contribution < 1.29 is 14.3 Å². The molecule has 3 aliphatic rings. The average molecular weight is 414 g/mol. The van der Waals surface area contributed by atoms with Gasteiger partial charge in [0.2, 0.25) is 5.43 Å². The highest BCUT2D eigenvalue weighted by atomic mass is 19.1. The number of carboxylic acids is 1. The van der Waals surface area contributed by atoms with E-state index in [-0.39, 0.29) is 28.1 Å². The van der Waals surface area contributed by atoms with Crippen LogP contribution in [0.3, 0.4) is 0 Å². The summed E-state index contributed by atoms with van der Waals surface area (Å²) < 4.78 is 17.5. The Morgan fingerprint density at radius 1 is 1.33 bits per heavy atom. The van der Waals surface area contributed by atoms with Crippen LogP contribution in [-0.4, -0.2) is 53.8 Å². The van der Waals surface area contributed by atoms with Gasteiger partial charge in [-0.05, 0) is 52.3 Å². The van der Waals surface area contributed by atoms with E-state index in [2.05, 4.69) is 23.9 Å². The van der Waals surface area contributed by atoms with Crippen molar-refractivity contribution in [2.75, 3.05) is 37.8 Å². The molecule has 1 aliphatic heterocycles. The Morgan fingerprint density at radius 2 is 2.00 bits per heavy atom. The molecule has 8 heteroatoms. The predicted molar refractivity (Wildman–Crippen MR) is 114 cm³/mol. The fourth-order valence-corrected chi connectivity index (χ4v) is 5.43. The molecule has 0 radical (unpaired) electrons. The van der Waals surface area contributed by atoms with Crippen LogP contribution >= 0.6 is 0 Å². The Hall–Kier alpha value is -2.61. The third kappa shape index (κ3) is 2.59. The van der Waals surface area contributed by atoms with E-state index in [9.17, 15) is 14.7 Å². The van der Waals surface area contributed by atoms with Crippen LogP contribution in [0.5, 0.6) is 0 Å². The summed E-state index contributed by atoms with van der Waals surface area (Å²) in [5.41, 5.74) is 6.72. The van der Waals surface area contributed by atoms with E-state index >= 15 is 4.39 Å². The van der Waals surface area contributed by atoms with Crippen molar-refractivity contribution in [2.24, 2.45) is 5.41 Å². The number of pyridine rings is 1. The molecular formula is C22H27FN4O3. The van der Waals surface area contributed by atoms with Crippen molar-refractivity contribution in [1.82, 2.24) is 9.47 Å². The molecule has 30 heavy (non-hydrogen) atoms. The Kier molecular flexibility index (Phi) is 4.00. The molecule has 7 nitrogen and oxygen atoms in total. The van der Waals surface area contributed by atoms with Gasteiger partial charge in [0.1, 0.15) is 5.56 Å². The highest BCUT2D eigenvalue weighted by Crippen LogP contribution is 2.55. The van der Waals surface area contributed by atoms with Gasteiger partial charge in [-0.3, -0.25) is 4.79 Å². The van der Waals surface area contributed by atoms with Crippen LogP contribution in [0.15, 0.2) is 11.0 Å². The topological polar surface area (TPSA) is 91.8 Å². The summed E-state index contributed by atoms with van der Waals surface area (Å²) in [6.45, 7) is 3.29. The minimum atomic E-state index is -1.32. The second kappa shape index (κ2) is 6.20. The van der Waals surface area contributed by atoms with Gasteiger partial charge in [0.25, 0.3) is 0 Å². The number of aryl methyl sites for hydroxylation is 1. The first kappa shape index (κ1) is 19.4. The van der Waals surface area contributed by atoms with Gasteiger partial charge in [0.15, 0.2) is 5.82 Å². The number of anilines is 2. The molecule has 2 heterocycles. The lowest BCUT2D eigenvalue weighted by molar-refractivity contribution is 0.0695.